The molecule has 108 valence electrons. The smallest absolute Gasteiger partial charge is 0.342 e. The number of pyridine rings is 1. The standard InChI is InChI=1S/C12H15N3O5/c1-7-4-8(2-3-20-7)14-11-5-9(12(16)17)10(6-13-11)15(18)19/h5-8H,2-4H2,1H3,(H,13,14)(H,16,17). The summed E-state index contributed by atoms with van der Waals surface area (Å²) in [5, 5.41) is 22.8. The molecule has 20 heavy (non-hydrogen) atoms. The Hall–Kier alpha value is -2.22. The lowest BCUT2D eigenvalue weighted by Crippen LogP contribution is -2.32. The molecule has 2 heterocycles. The highest BCUT2D eigenvalue weighted by Gasteiger charge is 2.23. The molecular formula is C12H15N3O5. The van der Waals surface area contributed by atoms with Crippen molar-refractivity contribution in [2.45, 2.75) is 31.9 Å². The van der Waals surface area contributed by atoms with Crippen molar-refractivity contribution in [1.82, 2.24) is 4.98 Å². The molecule has 0 spiro atoms. The van der Waals surface area contributed by atoms with E-state index in [1.165, 1.54) is 6.07 Å². The van der Waals surface area contributed by atoms with E-state index in [1.54, 1.807) is 0 Å². The Kier molecular flexibility index (Phi) is 4.14. The summed E-state index contributed by atoms with van der Waals surface area (Å²) in [6.07, 6.45) is 2.65. The Labute approximate surface area is 114 Å². The average molecular weight is 281 g/mol. The van der Waals surface area contributed by atoms with Crippen molar-refractivity contribution in [3.8, 4) is 0 Å². The van der Waals surface area contributed by atoms with Crippen LogP contribution in [0.25, 0.3) is 0 Å². The summed E-state index contributed by atoms with van der Waals surface area (Å²) in [5.41, 5.74) is -0.879. The van der Waals surface area contributed by atoms with Gasteiger partial charge >= 0.3 is 11.7 Å². The molecule has 0 aromatic carbocycles. The minimum absolute atomic E-state index is 0.120. The van der Waals surface area contributed by atoms with Gasteiger partial charge in [-0.25, -0.2) is 9.78 Å². The summed E-state index contributed by atoms with van der Waals surface area (Å²) in [5.74, 6) is -1.02. The van der Waals surface area contributed by atoms with Crippen molar-refractivity contribution < 1.29 is 19.6 Å². The first-order valence-corrected chi connectivity index (χ1v) is 6.23. The first-order chi connectivity index (χ1) is 9.47. The lowest BCUT2D eigenvalue weighted by molar-refractivity contribution is -0.385. The highest BCUT2D eigenvalue weighted by atomic mass is 16.6. The molecule has 1 fully saturated rings. The largest absolute Gasteiger partial charge is 0.477 e. The molecule has 2 unspecified atom stereocenters. The molecule has 1 aromatic heterocycles. The predicted molar refractivity (Wildman–Crippen MR) is 69.9 cm³/mol. The van der Waals surface area contributed by atoms with Gasteiger partial charge in [-0.05, 0) is 19.8 Å². The van der Waals surface area contributed by atoms with Crippen molar-refractivity contribution in [3.63, 3.8) is 0 Å². The second-order valence-electron chi connectivity index (χ2n) is 4.70. The number of carbonyl (C=O) groups is 1. The summed E-state index contributed by atoms with van der Waals surface area (Å²) >= 11 is 0. The van der Waals surface area contributed by atoms with Crippen molar-refractivity contribution in [2.24, 2.45) is 0 Å². The topological polar surface area (TPSA) is 115 Å². The number of nitro groups is 1. The van der Waals surface area contributed by atoms with E-state index < -0.39 is 16.6 Å². The molecule has 8 heteroatoms. The van der Waals surface area contributed by atoms with Crippen LogP contribution in [-0.2, 0) is 4.74 Å². The number of rotatable bonds is 4. The number of aromatic nitrogens is 1. The van der Waals surface area contributed by atoms with Gasteiger partial charge in [0.15, 0.2) is 0 Å². The normalized spacial score (nSPS) is 22.2. The molecule has 0 saturated carbocycles. The Morgan fingerprint density at radius 2 is 2.40 bits per heavy atom. The molecule has 1 saturated heterocycles. The fraction of sp³-hybridized carbons (Fsp3) is 0.500. The highest BCUT2D eigenvalue weighted by molar-refractivity contribution is 5.93. The molecule has 0 radical (unpaired) electrons. The van der Waals surface area contributed by atoms with Crippen LogP contribution >= 0.6 is 0 Å². The van der Waals surface area contributed by atoms with Crippen LogP contribution < -0.4 is 5.32 Å². The zero-order chi connectivity index (χ0) is 14.7. The van der Waals surface area contributed by atoms with Gasteiger partial charge in [0, 0.05) is 18.7 Å². The Morgan fingerprint density at radius 1 is 1.65 bits per heavy atom. The number of hydrogen-bond donors (Lipinski definition) is 2. The molecule has 1 aromatic rings. The van der Waals surface area contributed by atoms with Crippen molar-refractivity contribution in [1.29, 1.82) is 0 Å². The second kappa shape index (κ2) is 5.83. The monoisotopic (exact) mass is 281 g/mol. The number of aromatic carboxylic acids is 1. The maximum atomic E-state index is 11.0. The van der Waals surface area contributed by atoms with E-state index in [9.17, 15) is 14.9 Å². The zero-order valence-electron chi connectivity index (χ0n) is 10.9. The maximum Gasteiger partial charge on any atom is 0.342 e. The van der Waals surface area contributed by atoms with Gasteiger partial charge in [0.25, 0.3) is 0 Å². The van der Waals surface area contributed by atoms with Gasteiger partial charge in [-0.3, -0.25) is 10.1 Å². The summed E-state index contributed by atoms with van der Waals surface area (Å²) < 4.78 is 5.41. The highest BCUT2D eigenvalue weighted by Crippen LogP contribution is 2.23. The van der Waals surface area contributed by atoms with E-state index in [4.69, 9.17) is 9.84 Å². The van der Waals surface area contributed by atoms with Crippen molar-refractivity contribution >= 4 is 17.5 Å². The molecule has 0 aliphatic carbocycles. The van der Waals surface area contributed by atoms with Crippen LogP contribution in [0.15, 0.2) is 12.3 Å². The predicted octanol–water partition coefficient (Wildman–Crippen LogP) is 1.67. The van der Waals surface area contributed by atoms with Crippen LogP contribution in [0.2, 0.25) is 0 Å². The zero-order valence-corrected chi connectivity index (χ0v) is 10.9. The average Bonchev–Trinajstić information content (AvgIpc) is 2.38. The Bertz CT molecular complexity index is 534. The van der Waals surface area contributed by atoms with Crippen LogP contribution in [0.3, 0.4) is 0 Å². The number of ether oxygens (including phenoxy) is 1. The van der Waals surface area contributed by atoms with E-state index >= 15 is 0 Å². The number of nitrogens with zero attached hydrogens (tertiary/aromatic N) is 2. The van der Waals surface area contributed by atoms with E-state index in [-0.39, 0.29) is 17.7 Å². The van der Waals surface area contributed by atoms with Crippen LogP contribution in [0.4, 0.5) is 11.5 Å². The van der Waals surface area contributed by atoms with Gasteiger partial charge in [0.1, 0.15) is 17.6 Å². The molecule has 1 aliphatic heterocycles. The van der Waals surface area contributed by atoms with Crippen molar-refractivity contribution in [3.05, 3.63) is 27.9 Å². The van der Waals surface area contributed by atoms with E-state index in [1.807, 2.05) is 6.92 Å². The van der Waals surface area contributed by atoms with Gasteiger partial charge in [-0.15, -0.1) is 0 Å². The van der Waals surface area contributed by atoms with Gasteiger partial charge < -0.3 is 15.2 Å². The van der Waals surface area contributed by atoms with Gasteiger partial charge in [-0.2, -0.15) is 0 Å². The molecule has 1 aliphatic rings. The van der Waals surface area contributed by atoms with Gasteiger partial charge in [0.05, 0.1) is 11.0 Å². The number of carboxylic acids is 1. The first kappa shape index (κ1) is 14.2. The van der Waals surface area contributed by atoms with E-state index in [2.05, 4.69) is 10.3 Å². The van der Waals surface area contributed by atoms with Crippen LogP contribution in [-0.4, -0.2) is 39.7 Å². The van der Waals surface area contributed by atoms with Crippen LogP contribution in [0, 0.1) is 10.1 Å². The third kappa shape index (κ3) is 3.21. The van der Waals surface area contributed by atoms with Crippen molar-refractivity contribution in [2.75, 3.05) is 11.9 Å². The minimum Gasteiger partial charge on any atom is -0.477 e. The lowest BCUT2D eigenvalue weighted by Gasteiger charge is -2.28. The fourth-order valence-corrected chi connectivity index (χ4v) is 2.18. The lowest BCUT2D eigenvalue weighted by atomic mass is 10.0. The molecule has 0 amide bonds. The van der Waals surface area contributed by atoms with E-state index in [0.717, 1.165) is 19.0 Å². The van der Waals surface area contributed by atoms with Gasteiger partial charge in [-0.1, -0.05) is 0 Å². The molecule has 2 atom stereocenters. The molecule has 2 N–H and O–H groups in total. The van der Waals surface area contributed by atoms with Gasteiger partial charge in [0.2, 0.25) is 0 Å². The van der Waals surface area contributed by atoms with E-state index in [0.29, 0.717) is 12.4 Å². The summed E-state index contributed by atoms with van der Waals surface area (Å²) in [4.78, 5) is 24.9. The number of carboxylic acid groups (broad SMARTS) is 1. The first-order valence-electron chi connectivity index (χ1n) is 6.23. The Balaban J connectivity index is 2.18. The number of anilines is 1. The fourth-order valence-electron chi connectivity index (χ4n) is 2.18. The summed E-state index contributed by atoms with van der Waals surface area (Å²) in [6.45, 7) is 2.58. The molecule has 8 nitrogen and oxygen atoms in total. The minimum atomic E-state index is -1.34. The van der Waals surface area contributed by atoms with Crippen LogP contribution in [0.5, 0.6) is 0 Å². The SMILES string of the molecule is CC1CC(Nc2cc(C(=O)O)c([N+](=O)[O-])cn2)CCO1. The third-order valence-electron chi connectivity index (χ3n) is 3.15. The molecule has 0 bridgehead atoms. The summed E-state index contributed by atoms with van der Waals surface area (Å²) in [7, 11) is 0. The quantitative estimate of drug-likeness (QED) is 0.637. The summed E-state index contributed by atoms with van der Waals surface area (Å²) in [6, 6.07) is 1.31. The second-order valence-corrected chi connectivity index (χ2v) is 4.70. The Morgan fingerprint density at radius 3 is 3.00 bits per heavy atom. The number of hydrogen-bond acceptors (Lipinski definition) is 6. The third-order valence-corrected chi connectivity index (χ3v) is 3.15. The molecular weight excluding hydrogens is 266 g/mol. The van der Waals surface area contributed by atoms with Crippen LogP contribution in [0.1, 0.15) is 30.1 Å². The molecule has 2 rings (SSSR count). The number of nitrogens with one attached hydrogen (secondary N) is 1. The maximum absolute atomic E-state index is 11.0.